The van der Waals surface area contributed by atoms with Gasteiger partial charge in [-0.25, -0.2) is 4.39 Å². The quantitative estimate of drug-likeness (QED) is 0.343. The van der Waals surface area contributed by atoms with Crippen LogP contribution in [0.4, 0.5) is 4.39 Å². The summed E-state index contributed by atoms with van der Waals surface area (Å²) in [6.45, 7) is 1.34. The number of hydrogen-bond acceptors (Lipinski definition) is 2. The molecule has 2 nitrogen and oxygen atoms in total. The number of rotatable bonds is 3. The molecule has 0 saturated carbocycles. The molecule has 5 heteroatoms. The van der Waals surface area contributed by atoms with Crippen molar-refractivity contribution in [1.82, 2.24) is 0 Å². The van der Waals surface area contributed by atoms with Crippen molar-refractivity contribution in [2.75, 3.05) is 5.75 Å². The summed E-state index contributed by atoms with van der Waals surface area (Å²) in [5.74, 6) is -0.0718. The third kappa shape index (κ3) is 12.3. The van der Waals surface area contributed by atoms with E-state index in [2.05, 4.69) is 0 Å². The van der Waals surface area contributed by atoms with Crippen LogP contribution < -0.4 is 29.6 Å². The van der Waals surface area contributed by atoms with Crippen LogP contribution in [0.2, 0.25) is 0 Å². The summed E-state index contributed by atoms with van der Waals surface area (Å²) in [5.41, 5.74) is 0. The maximum absolute atomic E-state index is 11.8. The SMILES string of the molecule is CC(F)CCS(=O)[O-].[Na+]. The Morgan fingerprint density at radius 1 is 1.78 bits per heavy atom. The predicted octanol–water partition coefficient (Wildman–Crippen LogP) is -2.38. The molecule has 0 aliphatic carbocycles. The maximum Gasteiger partial charge on any atom is 1.00 e. The molecule has 50 valence electrons. The van der Waals surface area contributed by atoms with E-state index in [0.29, 0.717) is 0 Å². The molecular weight excluding hydrogens is 154 g/mol. The van der Waals surface area contributed by atoms with E-state index < -0.39 is 17.3 Å². The third-order valence-electron chi connectivity index (χ3n) is 0.682. The first-order valence-electron chi connectivity index (χ1n) is 2.33. The van der Waals surface area contributed by atoms with Gasteiger partial charge in [-0.3, -0.25) is 4.21 Å². The molecule has 2 atom stereocenters. The molecule has 0 radical (unpaired) electrons. The molecule has 0 aromatic carbocycles. The third-order valence-corrected chi connectivity index (χ3v) is 1.25. The van der Waals surface area contributed by atoms with Gasteiger partial charge in [0.1, 0.15) is 0 Å². The van der Waals surface area contributed by atoms with Crippen LogP contribution in [-0.4, -0.2) is 20.7 Å². The molecule has 0 bridgehead atoms. The van der Waals surface area contributed by atoms with Gasteiger partial charge in [0, 0.05) is 5.75 Å². The van der Waals surface area contributed by atoms with E-state index in [1.807, 2.05) is 0 Å². The predicted molar refractivity (Wildman–Crippen MR) is 29.0 cm³/mol. The monoisotopic (exact) mass is 162 g/mol. The Balaban J connectivity index is 0. The summed E-state index contributed by atoms with van der Waals surface area (Å²) < 4.78 is 31.3. The standard InChI is InChI=1S/C4H9FO2S.Na/c1-4(5)2-3-8(6)7;/h4H,2-3H2,1H3,(H,6,7);/q;+1/p-1. The van der Waals surface area contributed by atoms with Crippen molar-refractivity contribution in [3.05, 3.63) is 0 Å². The second-order valence-corrected chi connectivity index (χ2v) is 2.59. The van der Waals surface area contributed by atoms with Gasteiger partial charge >= 0.3 is 29.6 Å². The molecular formula is C4H8FNaO2S. The number of halogens is 1. The molecule has 9 heavy (non-hydrogen) atoms. The topological polar surface area (TPSA) is 40.1 Å². The Labute approximate surface area is 78.8 Å². The minimum atomic E-state index is -2.08. The van der Waals surface area contributed by atoms with E-state index in [1.54, 1.807) is 0 Å². The van der Waals surface area contributed by atoms with Gasteiger partial charge in [-0.05, 0) is 13.3 Å². The Bertz CT molecular complexity index is 88.6. The van der Waals surface area contributed by atoms with Gasteiger partial charge in [-0.15, -0.1) is 0 Å². The van der Waals surface area contributed by atoms with Crippen molar-refractivity contribution in [2.24, 2.45) is 0 Å². The zero-order valence-electron chi connectivity index (χ0n) is 5.59. The summed E-state index contributed by atoms with van der Waals surface area (Å²) in [4.78, 5) is 0. The Morgan fingerprint density at radius 3 is 2.33 bits per heavy atom. The van der Waals surface area contributed by atoms with Crippen molar-refractivity contribution in [3.8, 4) is 0 Å². The number of hydrogen-bond donors (Lipinski definition) is 0. The zero-order valence-corrected chi connectivity index (χ0v) is 8.41. The van der Waals surface area contributed by atoms with Gasteiger partial charge in [0.2, 0.25) is 0 Å². The summed E-state index contributed by atoms with van der Waals surface area (Å²) in [7, 11) is 0. The first kappa shape index (κ1) is 12.7. The van der Waals surface area contributed by atoms with Crippen molar-refractivity contribution >= 4 is 11.1 Å². The van der Waals surface area contributed by atoms with Crippen LogP contribution in [0.5, 0.6) is 0 Å². The molecule has 0 N–H and O–H groups in total. The first-order chi connectivity index (χ1) is 3.63. The van der Waals surface area contributed by atoms with Crippen LogP contribution in [0.25, 0.3) is 0 Å². The smallest absolute Gasteiger partial charge is 0.772 e. The average molecular weight is 162 g/mol. The Morgan fingerprint density at radius 2 is 2.22 bits per heavy atom. The molecule has 0 aromatic rings. The molecule has 0 amide bonds. The van der Waals surface area contributed by atoms with E-state index in [-0.39, 0.29) is 41.7 Å². The van der Waals surface area contributed by atoms with Crippen LogP contribution in [0.15, 0.2) is 0 Å². The minimum absolute atomic E-state index is 0. The van der Waals surface area contributed by atoms with Crippen LogP contribution >= 0.6 is 0 Å². The summed E-state index contributed by atoms with van der Waals surface area (Å²) in [6.07, 6.45) is -0.899. The summed E-state index contributed by atoms with van der Waals surface area (Å²) in [5, 5.41) is 0. The van der Waals surface area contributed by atoms with Crippen LogP contribution in [0, 0.1) is 0 Å². The van der Waals surface area contributed by atoms with Crippen molar-refractivity contribution < 1.29 is 42.7 Å². The molecule has 0 aliphatic rings. The average Bonchev–Trinajstić information content (AvgIpc) is 1.61. The van der Waals surface area contributed by atoms with Crippen LogP contribution in [-0.2, 0) is 11.1 Å². The van der Waals surface area contributed by atoms with Gasteiger partial charge in [-0.2, -0.15) is 0 Å². The van der Waals surface area contributed by atoms with Crippen molar-refractivity contribution in [1.29, 1.82) is 0 Å². The van der Waals surface area contributed by atoms with Gasteiger partial charge in [0.25, 0.3) is 0 Å². The van der Waals surface area contributed by atoms with E-state index in [9.17, 15) is 13.2 Å². The summed E-state index contributed by atoms with van der Waals surface area (Å²) >= 11 is -2.08. The van der Waals surface area contributed by atoms with Gasteiger partial charge in [0.05, 0.1) is 6.17 Å². The second kappa shape index (κ2) is 7.15. The Kier molecular flexibility index (Phi) is 10.1. The van der Waals surface area contributed by atoms with Crippen molar-refractivity contribution in [2.45, 2.75) is 19.5 Å². The zero-order chi connectivity index (χ0) is 6.57. The molecule has 0 aromatic heterocycles. The van der Waals surface area contributed by atoms with E-state index in [1.165, 1.54) is 6.92 Å². The fourth-order valence-corrected chi connectivity index (χ4v) is 0.776. The van der Waals surface area contributed by atoms with Crippen LogP contribution in [0.1, 0.15) is 13.3 Å². The maximum atomic E-state index is 11.8. The fraction of sp³-hybridized carbons (Fsp3) is 1.00. The largest absolute Gasteiger partial charge is 1.00 e. The fourth-order valence-electron chi connectivity index (χ4n) is 0.259. The normalized spacial score (nSPS) is 15.9. The van der Waals surface area contributed by atoms with Gasteiger partial charge < -0.3 is 4.55 Å². The van der Waals surface area contributed by atoms with E-state index >= 15 is 0 Å². The van der Waals surface area contributed by atoms with E-state index in [4.69, 9.17) is 0 Å². The summed E-state index contributed by atoms with van der Waals surface area (Å²) in [6, 6.07) is 0. The van der Waals surface area contributed by atoms with Gasteiger partial charge in [0.15, 0.2) is 0 Å². The van der Waals surface area contributed by atoms with Gasteiger partial charge in [-0.1, -0.05) is 11.1 Å². The van der Waals surface area contributed by atoms with Crippen LogP contribution in [0.3, 0.4) is 0 Å². The molecule has 2 unspecified atom stereocenters. The number of alkyl halides is 1. The second-order valence-electron chi connectivity index (χ2n) is 1.58. The molecule has 0 heterocycles. The molecule has 0 fully saturated rings. The minimum Gasteiger partial charge on any atom is -0.772 e. The first-order valence-corrected chi connectivity index (χ1v) is 3.57. The van der Waals surface area contributed by atoms with Crippen molar-refractivity contribution in [3.63, 3.8) is 0 Å². The molecule has 0 spiro atoms. The molecule has 0 saturated heterocycles. The Hall–Kier alpha value is 1.04. The molecule has 0 rings (SSSR count). The van der Waals surface area contributed by atoms with E-state index in [0.717, 1.165) is 0 Å². The molecule has 0 aliphatic heterocycles.